The zero-order valence-corrected chi connectivity index (χ0v) is 23.3. The van der Waals surface area contributed by atoms with Gasteiger partial charge in [0, 0.05) is 23.5 Å². The maximum atomic E-state index is 13.6. The first-order valence-corrected chi connectivity index (χ1v) is 13.5. The van der Waals surface area contributed by atoms with Crippen LogP contribution in [-0.4, -0.2) is 75.6 Å². The molecule has 0 aromatic heterocycles. The average Bonchev–Trinajstić information content (AvgIpc) is 3.32. The number of fused-ring (bicyclic) bond motifs is 4. The minimum Gasteiger partial charge on any atom is -0.508 e. The molecule has 9 N–H and O–H groups in total. The molecule has 1 heterocycles. The molecule has 0 spiro atoms. The van der Waals surface area contributed by atoms with Crippen molar-refractivity contribution in [3.05, 3.63) is 69.5 Å². The molecule has 2 amide bonds. The highest BCUT2D eigenvalue weighted by Gasteiger charge is 2.60. The van der Waals surface area contributed by atoms with Crippen LogP contribution < -0.4 is 21.8 Å². The van der Waals surface area contributed by atoms with E-state index >= 15 is 0 Å². The summed E-state index contributed by atoms with van der Waals surface area (Å²) in [4.78, 5) is 50.7. The number of nitrogens with two attached hydrogens (primary N) is 1. The van der Waals surface area contributed by atoms with Crippen molar-refractivity contribution >= 4 is 47.4 Å². The Morgan fingerprint density at radius 3 is 2.42 bits per heavy atom. The van der Waals surface area contributed by atoms with Crippen molar-refractivity contribution in [1.82, 2.24) is 5.32 Å². The van der Waals surface area contributed by atoms with Gasteiger partial charge in [0.1, 0.15) is 22.8 Å². The summed E-state index contributed by atoms with van der Waals surface area (Å²) in [6, 6.07) is 7.64. The number of benzene rings is 2. The molecule has 3 atom stereocenters. The summed E-state index contributed by atoms with van der Waals surface area (Å²) in [7, 11) is 2.59. The molecule has 13 nitrogen and oxygen atoms in total. The number of phenols is 1. The van der Waals surface area contributed by atoms with Gasteiger partial charge in [0.15, 0.2) is 11.4 Å². The van der Waals surface area contributed by atoms with E-state index in [4.69, 9.17) is 10.4 Å². The molecule has 3 aliphatic carbocycles. The van der Waals surface area contributed by atoms with Crippen LogP contribution in [0.2, 0.25) is 0 Å². The van der Waals surface area contributed by atoms with Crippen LogP contribution in [0.15, 0.2) is 47.2 Å². The van der Waals surface area contributed by atoms with Crippen LogP contribution in [0.25, 0.3) is 5.76 Å². The predicted octanol–water partition coefficient (Wildman–Crippen LogP) is -0.270. The predicted molar refractivity (Wildman–Crippen MR) is 153 cm³/mol. The van der Waals surface area contributed by atoms with Gasteiger partial charge in [-0.1, -0.05) is 12.1 Å². The van der Waals surface area contributed by atoms with Crippen LogP contribution in [-0.2, 0) is 32.1 Å². The maximum absolute atomic E-state index is 13.6. The van der Waals surface area contributed by atoms with Crippen molar-refractivity contribution < 1.29 is 49.3 Å². The fourth-order valence-corrected chi connectivity index (χ4v) is 6.25. The first kappa shape index (κ1) is 30.0. The lowest BCUT2D eigenvalue weighted by Gasteiger charge is -2.46. The third kappa shape index (κ3) is 4.68. The zero-order valence-electron chi connectivity index (χ0n) is 23.3. The highest BCUT2D eigenvalue weighted by Crippen LogP contribution is 2.52. The Labute approximate surface area is 245 Å². The smallest absolute Gasteiger partial charge is 0.491 e. The second-order valence-corrected chi connectivity index (χ2v) is 10.9. The summed E-state index contributed by atoms with van der Waals surface area (Å²) in [6.07, 6.45) is -0.223. The molecule has 0 bridgehead atoms. The SMILES string of the molecule is CNC.NC(=O)C1=C(O)[C@@]2(O)C(=O)C3=C(O)c4c(ccc(NC(=O)c5ccc6c(c5)B(O)OC6)c4O)CC3C[C@H]2CC1=O. The van der Waals surface area contributed by atoms with E-state index in [9.17, 15) is 44.6 Å². The number of aromatic hydroxyl groups is 1. The molecule has 0 radical (unpaired) electrons. The van der Waals surface area contributed by atoms with Gasteiger partial charge in [-0.15, -0.1) is 0 Å². The van der Waals surface area contributed by atoms with Crippen LogP contribution in [0.3, 0.4) is 0 Å². The summed E-state index contributed by atoms with van der Waals surface area (Å²) in [6.45, 7) is 0.210. The summed E-state index contributed by atoms with van der Waals surface area (Å²) in [5.41, 5.74) is 3.02. The Balaban J connectivity index is 0.00000118. The van der Waals surface area contributed by atoms with Gasteiger partial charge in [-0.05, 0) is 67.6 Å². The van der Waals surface area contributed by atoms with Crippen molar-refractivity contribution in [3.63, 3.8) is 0 Å². The fraction of sp³-hybridized carbons (Fsp3) is 0.310. The number of ketones is 2. The molecule has 1 unspecified atom stereocenters. The lowest BCUT2D eigenvalue weighted by atomic mass is 9.59. The van der Waals surface area contributed by atoms with E-state index in [-0.39, 0.29) is 41.8 Å². The minimum atomic E-state index is -2.65. The first-order valence-electron chi connectivity index (χ1n) is 13.5. The van der Waals surface area contributed by atoms with Crippen molar-refractivity contribution in [3.8, 4) is 5.75 Å². The van der Waals surface area contributed by atoms with Crippen LogP contribution in [0.5, 0.6) is 5.75 Å². The molecular formula is C29H30BN3O10. The van der Waals surface area contributed by atoms with E-state index in [1.807, 2.05) is 14.1 Å². The Bertz CT molecular complexity index is 1650. The third-order valence-corrected chi connectivity index (χ3v) is 8.26. The summed E-state index contributed by atoms with van der Waals surface area (Å²) < 4.78 is 5.14. The second-order valence-electron chi connectivity index (χ2n) is 10.9. The number of carbonyl (C=O) groups is 4. The number of nitrogens with one attached hydrogen (secondary N) is 2. The molecule has 0 saturated heterocycles. The van der Waals surface area contributed by atoms with Crippen molar-refractivity contribution in [2.45, 2.75) is 31.5 Å². The Morgan fingerprint density at radius 1 is 1.07 bits per heavy atom. The number of primary amides is 1. The normalized spacial score (nSPS) is 24.0. The highest BCUT2D eigenvalue weighted by molar-refractivity contribution is 6.61. The molecule has 224 valence electrons. The van der Waals surface area contributed by atoms with Crippen molar-refractivity contribution in [2.75, 3.05) is 19.4 Å². The van der Waals surface area contributed by atoms with Gasteiger partial charge in [0.05, 0.1) is 17.9 Å². The van der Waals surface area contributed by atoms with Gasteiger partial charge in [-0.25, -0.2) is 0 Å². The number of phenolic OH excluding ortho intramolecular Hbond substituents is 1. The molecule has 14 heteroatoms. The monoisotopic (exact) mass is 591 g/mol. The molecular weight excluding hydrogens is 561 g/mol. The summed E-state index contributed by atoms with van der Waals surface area (Å²) in [5, 5.41) is 59.5. The Morgan fingerprint density at radius 2 is 1.74 bits per heavy atom. The largest absolute Gasteiger partial charge is 0.508 e. The molecule has 1 aliphatic heterocycles. The van der Waals surface area contributed by atoms with E-state index in [2.05, 4.69) is 10.6 Å². The topological polar surface area (TPSA) is 229 Å². The number of anilines is 1. The number of aliphatic hydroxyl groups excluding tert-OH is 2. The third-order valence-electron chi connectivity index (χ3n) is 8.26. The molecule has 1 fully saturated rings. The quantitative estimate of drug-likeness (QED) is 0.132. The van der Waals surface area contributed by atoms with E-state index in [0.29, 0.717) is 11.0 Å². The van der Waals surface area contributed by atoms with Crippen LogP contribution in [0.4, 0.5) is 5.69 Å². The number of hydrogen-bond donors (Lipinski definition) is 8. The van der Waals surface area contributed by atoms with Gasteiger partial charge in [0.25, 0.3) is 11.8 Å². The molecule has 43 heavy (non-hydrogen) atoms. The van der Waals surface area contributed by atoms with Gasteiger partial charge in [-0.3, -0.25) is 19.2 Å². The Hall–Kier alpha value is -4.50. The first-order chi connectivity index (χ1) is 20.3. The fourth-order valence-electron chi connectivity index (χ4n) is 6.25. The molecule has 4 aliphatic rings. The number of aliphatic hydroxyl groups is 3. The van der Waals surface area contributed by atoms with Gasteiger partial charge >= 0.3 is 7.12 Å². The standard InChI is InChI=1S/C27H23BN2O10.C2H7N/c29-25(36)20-17(31)8-14-6-13-5-10-3-4-16(30-26(37)11-1-2-12-9-40-28(39)15(12)7-11)21(32)18(10)22(33)19(13)23(34)27(14,38)24(20)35;1-3-2/h1-4,7,13-14,32-33,35,38-39H,5-6,8-9H2,(H2,29,36)(H,30,37);3H,1-2H3/t13?,14-,27-;/m0./s1. The lowest BCUT2D eigenvalue weighted by Crippen LogP contribution is -2.58. The van der Waals surface area contributed by atoms with E-state index in [1.165, 1.54) is 18.2 Å². The lowest BCUT2D eigenvalue weighted by molar-refractivity contribution is -0.147. The van der Waals surface area contributed by atoms with E-state index in [0.717, 1.165) is 5.56 Å². The van der Waals surface area contributed by atoms with Crippen molar-refractivity contribution in [1.29, 1.82) is 0 Å². The minimum absolute atomic E-state index is 0.0239. The Kier molecular flexibility index (Phi) is 7.65. The molecule has 1 saturated carbocycles. The number of Topliss-reactive ketones (excluding diaryl/α,β-unsaturated/α-hetero) is 2. The second kappa shape index (κ2) is 11.0. The van der Waals surface area contributed by atoms with Gasteiger partial charge in [0.2, 0.25) is 5.78 Å². The van der Waals surface area contributed by atoms with Crippen molar-refractivity contribution in [2.24, 2.45) is 17.6 Å². The van der Waals surface area contributed by atoms with Gasteiger partial charge < -0.3 is 46.5 Å². The molecule has 2 aromatic carbocycles. The number of amides is 2. The highest BCUT2D eigenvalue weighted by atomic mass is 16.5. The maximum Gasteiger partial charge on any atom is 0.491 e. The zero-order chi connectivity index (χ0) is 31.4. The van der Waals surface area contributed by atoms with E-state index < -0.39 is 77.2 Å². The number of hydrogen-bond acceptors (Lipinski definition) is 11. The van der Waals surface area contributed by atoms with Gasteiger partial charge in [-0.2, -0.15) is 0 Å². The molecule has 2 aromatic rings. The van der Waals surface area contributed by atoms with Crippen LogP contribution in [0.1, 0.15) is 39.9 Å². The average molecular weight is 591 g/mol. The molecule has 6 rings (SSSR count). The summed E-state index contributed by atoms with van der Waals surface area (Å²) in [5.74, 6) is -7.84. The number of rotatable bonds is 3. The van der Waals surface area contributed by atoms with E-state index in [1.54, 1.807) is 12.1 Å². The number of carbonyl (C=O) groups excluding carboxylic acids is 4. The van der Waals surface area contributed by atoms with Crippen LogP contribution >= 0.6 is 0 Å². The summed E-state index contributed by atoms with van der Waals surface area (Å²) >= 11 is 0. The van der Waals surface area contributed by atoms with Crippen LogP contribution in [0, 0.1) is 11.8 Å².